The molecule has 0 unspecified atom stereocenters. The summed E-state index contributed by atoms with van der Waals surface area (Å²) in [5.41, 5.74) is -1.76. The van der Waals surface area contributed by atoms with Crippen LogP contribution in [-0.4, -0.2) is 17.4 Å². The zero-order valence-corrected chi connectivity index (χ0v) is 16.2. The smallest absolute Gasteiger partial charge is 0.309 e. The van der Waals surface area contributed by atoms with Crippen molar-refractivity contribution < 1.29 is 26.3 Å². The van der Waals surface area contributed by atoms with E-state index in [1.807, 2.05) is 24.3 Å². The Balaban J connectivity index is 1.60. The normalized spacial score (nSPS) is 15.8. The van der Waals surface area contributed by atoms with Gasteiger partial charge >= 0.3 is 12.4 Å². The second-order valence-corrected chi connectivity index (χ2v) is 8.06. The third kappa shape index (κ3) is 6.38. The van der Waals surface area contributed by atoms with Crippen molar-refractivity contribution in [2.24, 2.45) is 0 Å². The monoisotopic (exact) mass is 434 g/mol. The van der Waals surface area contributed by atoms with Gasteiger partial charge in [0.25, 0.3) is 0 Å². The molecule has 3 rings (SSSR count). The number of alkyl halides is 6. The highest BCUT2D eigenvalue weighted by molar-refractivity contribution is 7.97. The third-order valence-electron chi connectivity index (χ3n) is 4.53. The van der Waals surface area contributed by atoms with Crippen LogP contribution in [0.1, 0.15) is 35.1 Å². The van der Waals surface area contributed by atoms with E-state index in [4.69, 9.17) is 0 Å². The number of nitrogens with one attached hydrogen (secondary N) is 1. The summed E-state index contributed by atoms with van der Waals surface area (Å²) >= 11 is 1.69. The lowest BCUT2D eigenvalue weighted by Gasteiger charge is -2.15. The molecule has 0 atom stereocenters. The predicted octanol–water partition coefficient (Wildman–Crippen LogP) is 6.12. The molecule has 0 aliphatic carbocycles. The van der Waals surface area contributed by atoms with Gasteiger partial charge in [-0.1, -0.05) is 12.1 Å². The molecule has 2 aromatic rings. The molecule has 1 fully saturated rings. The second-order valence-electron chi connectivity index (χ2n) is 6.89. The molecule has 1 aliphatic heterocycles. The summed E-state index contributed by atoms with van der Waals surface area (Å²) in [6, 6.07) is 9.37. The SMILES string of the molecule is FC(F)(F)c1cc(CNCc2ccc(SN3CCCC3)cc2)cc(C(F)(F)F)c1. The summed E-state index contributed by atoms with van der Waals surface area (Å²) in [7, 11) is 0. The summed E-state index contributed by atoms with van der Waals surface area (Å²) < 4.78 is 79.8. The molecule has 2 aromatic carbocycles. The van der Waals surface area contributed by atoms with Gasteiger partial charge in [-0.3, -0.25) is 0 Å². The van der Waals surface area contributed by atoms with E-state index in [0.29, 0.717) is 6.54 Å². The van der Waals surface area contributed by atoms with Gasteiger partial charge in [0.05, 0.1) is 11.1 Å². The van der Waals surface area contributed by atoms with Crippen molar-refractivity contribution >= 4 is 11.9 Å². The van der Waals surface area contributed by atoms with Crippen LogP contribution in [0.3, 0.4) is 0 Å². The van der Waals surface area contributed by atoms with Crippen LogP contribution in [0.25, 0.3) is 0 Å². The zero-order valence-electron chi connectivity index (χ0n) is 15.4. The van der Waals surface area contributed by atoms with Gasteiger partial charge < -0.3 is 5.32 Å². The van der Waals surface area contributed by atoms with E-state index < -0.39 is 23.5 Å². The van der Waals surface area contributed by atoms with E-state index in [2.05, 4.69) is 9.62 Å². The highest BCUT2D eigenvalue weighted by Gasteiger charge is 2.36. The van der Waals surface area contributed by atoms with E-state index in [0.717, 1.165) is 35.7 Å². The molecule has 0 saturated carbocycles. The van der Waals surface area contributed by atoms with Crippen LogP contribution in [0, 0.1) is 0 Å². The molecule has 158 valence electrons. The number of halogens is 6. The second kappa shape index (κ2) is 8.97. The molecule has 29 heavy (non-hydrogen) atoms. The van der Waals surface area contributed by atoms with Crippen LogP contribution in [0.2, 0.25) is 0 Å². The summed E-state index contributed by atoms with van der Waals surface area (Å²) in [5.74, 6) is 0. The molecule has 1 aliphatic rings. The van der Waals surface area contributed by atoms with Crippen molar-refractivity contribution in [2.75, 3.05) is 13.1 Å². The predicted molar refractivity (Wildman–Crippen MR) is 100 cm³/mol. The van der Waals surface area contributed by atoms with Gasteiger partial charge in [0, 0.05) is 31.1 Å². The summed E-state index contributed by atoms with van der Waals surface area (Å²) in [6.45, 7) is 2.36. The van der Waals surface area contributed by atoms with E-state index in [1.54, 1.807) is 11.9 Å². The van der Waals surface area contributed by atoms with Crippen molar-refractivity contribution in [1.82, 2.24) is 9.62 Å². The van der Waals surface area contributed by atoms with Crippen LogP contribution in [0.15, 0.2) is 47.4 Å². The van der Waals surface area contributed by atoms with Gasteiger partial charge in [-0.25, -0.2) is 4.31 Å². The quantitative estimate of drug-likeness (QED) is 0.436. The van der Waals surface area contributed by atoms with Gasteiger partial charge in [-0.2, -0.15) is 26.3 Å². The average molecular weight is 434 g/mol. The molecule has 1 heterocycles. The molecule has 2 nitrogen and oxygen atoms in total. The lowest BCUT2D eigenvalue weighted by molar-refractivity contribution is -0.143. The van der Waals surface area contributed by atoms with Crippen LogP contribution in [-0.2, 0) is 25.4 Å². The maximum Gasteiger partial charge on any atom is 0.416 e. The van der Waals surface area contributed by atoms with Gasteiger partial charge in [0.2, 0.25) is 0 Å². The van der Waals surface area contributed by atoms with Gasteiger partial charge in [-0.15, -0.1) is 0 Å². The first kappa shape index (κ1) is 22.0. The van der Waals surface area contributed by atoms with E-state index in [1.165, 1.54) is 12.8 Å². The van der Waals surface area contributed by atoms with Crippen molar-refractivity contribution in [2.45, 2.75) is 43.2 Å². The fourth-order valence-corrected chi connectivity index (χ4v) is 4.07. The van der Waals surface area contributed by atoms with E-state index in [9.17, 15) is 26.3 Å². The summed E-state index contributed by atoms with van der Waals surface area (Å²) in [4.78, 5) is 1.10. The number of hydrogen-bond acceptors (Lipinski definition) is 3. The Morgan fingerprint density at radius 1 is 0.759 bits per heavy atom. The summed E-state index contributed by atoms with van der Waals surface area (Å²) in [6.07, 6.45) is -7.28. The van der Waals surface area contributed by atoms with E-state index >= 15 is 0 Å². The number of benzene rings is 2. The number of hydrogen-bond donors (Lipinski definition) is 1. The lowest BCUT2D eigenvalue weighted by Crippen LogP contribution is -2.16. The minimum absolute atomic E-state index is 0.0617. The fourth-order valence-electron chi connectivity index (χ4n) is 3.07. The number of nitrogens with zero attached hydrogens (tertiary/aromatic N) is 1. The Hall–Kier alpha value is -1.71. The molecular weight excluding hydrogens is 414 g/mol. The molecule has 0 spiro atoms. The van der Waals surface area contributed by atoms with Crippen LogP contribution in [0.4, 0.5) is 26.3 Å². The molecule has 0 aromatic heterocycles. The first-order valence-corrected chi connectivity index (χ1v) is 9.89. The maximum absolute atomic E-state index is 12.9. The first-order chi connectivity index (χ1) is 13.6. The van der Waals surface area contributed by atoms with Gasteiger partial charge in [0.15, 0.2) is 0 Å². The maximum atomic E-state index is 12.9. The fraction of sp³-hybridized carbons (Fsp3) is 0.400. The molecule has 0 bridgehead atoms. The molecular formula is C20H20F6N2S. The Morgan fingerprint density at radius 3 is 1.79 bits per heavy atom. The molecule has 1 N–H and O–H groups in total. The Bertz CT molecular complexity index is 779. The van der Waals surface area contributed by atoms with Crippen LogP contribution >= 0.6 is 11.9 Å². The summed E-state index contributed by atoms with van der Waals surface area (Å²) in [5, 5.41) is 2.92. The standard InChI is InChI=1S/C20H20F6N2S/c21-19(22,23)16-9-15(10-17(11-16)20(24,25)26)13-27-12-14-3-5-18(6-4-14)29-28-7-1-2-8-28/h3-6,9-11,27H,1-2,7-8,12-13H2. The number of rotatable bonds is 6. The van der Waals surface area contributed by atoms with Crippen molar-refractivity contribution in [3.05, 3.63) is 64.7 Å². The topological polar surface area (TPSA) is 15.3 Å². The molecule has 0 radical (unpaired) electrons. The average Bonchev–Trinajstić information content (AvgIpc) is 3.14. The first-order valence-electron chi connectivity index (χ1n) is 9.12. The third-order valence-corrected chi connectivity index (χ3v) is 5.63. The molecule has 9 heteroatoms. The zero-order chi connectivity index (χ0) is 21.1. The highest BCUT2D eigenvalue weighted by atomic mass is 32.2. The minimum atomic E-state index is -4.83. The molecule has 1 saturated heterocycles. The van der Waals surface area contributed by atoms with Gasteiger partial charge in [-0.05, 0) is 66.2 Å². The minimum Gasteiger partial charge on any atom is -0.309 e. The van der Waals surface area contributed by atoms with Crippen LogP contribution < -0.4 is 5.32 Å². The Morgan fingerprint density at radius 2 is 1.28 bits per heavy atom. The van der Waals surface area contributed by atoms with Crippen molar-refractivity contribution in [1.29, 1.82) is 0 Å². The van der Waals surface area contributed by atoms with Crippen molar-refractivity contribution in [3.8, 4) is 0 Å². The Kier molecular flexibility index (Phi) is 6.80. The lowest BCUT2D eigenvalue weighted by atomic mass is 10.0. The van der Waals surface area contributed by atoms with Crippen molar-refractivity contribution in [3.63, 3.8) is 0 Å². The molecule has 0 amide bonds. The Labute approximate surface area is 169 Å². The highest BCUT2D eigenvalue weighted by Crippen LogP contribution is 2.36. The largest absolute Gasteiger partial charge is 0.416 e. The van der Waals surface area contributed by atoms with Crippen LogP contribution in [0.5, 0.6) is 0 Å². The van der Waals surface area contributed by atoms with Gasteiger partial charge in [0.1, 0.15) is 0 Å². The van der Waals surface area contributed by atoms with E-state index in [-0.39, 0.29) is 18.2 Å².